The number of carbonyl (C=O) groups is 2. The molecule has 0 rings (SSSR count). The van der Waals surface area contributed by atoms with Gasteiger partial charge >= 0.3 is 26.6 Å². The summed E-state index contributed by atoms with van der Waals surface area (Å²) in [7, 11) is -7.87. The van der Waals surface area contributed by atoms with Crippen LogP contribution in [0.3, 0.4) is 0 Å². The summed E-state index contributed by atoms with van der Waals surface area (Å²) in [5, 5.41) is 0. The van der Waals surface area contributed by atoms with Crippen molar-refractivity contribution in [3.05, 3.63) is 0 Å². The summed E-state index contributed by atoms with van der Waals surface area (Å²) in [6, 6.07) is 0. The van der Waals surface area contributed by atoms with Crippen molar-refractivity contribution in [3.8, 4) is 0 Å². The monoisotopic (exact) mass is 418 g/mol. The molecule has 0 radical (unpaired) electrons. The van der Waals surface area contributed by atoms with Crippen LogP contribution in [-0.4, -0.2) is 51.1 Å². The Morgan fingerprint density at radius 3 is 1.12 bits per heavy atom. The van der Waals surface area contributed by atoms with Crippen LogP contribution in [0.15, 0.2) is 0 Å². The van der Waals surface area contributed by atoms with E-state index < -0.39 is 26.6 Å². The van der Waals surface area contributed by atoms with Gasteiger partial charge in [-0.2, -0.15) is 0 Å². The molecule has 26 heavy (non-hydrogen) atoms. The molecule has 0 spiro atoms. The molecule has 0 N–H and O–H groups in total. The number of carbonyl (C=O) groups excluding carboxylic acids is 2. The standard InChI is InChI=1S/C14H28O10P2/c1-5-21-25(17,22-6-2)13(15)19-11-9-10-12-20-14(16)26(18,23-7-3)24-8-4/h5-12H2,1-4H3. The predicted molar refractivity (Wildman–Crippen MR) is 93.6 cm³/mol. The number of rotatable bonds is 15. The summed E-state index contributed by atoms with van der Waals surface area (Å²) in [6.45, 7) is 6.37. The van der Waals surface area contributed by atoms with Gasteiger partial charge in [-0.25, -0.2) is 18.7 Å². The molecule has 0 amide bonds. The van der Waals surface area contributed by atoms with E-state index in [0.717, 1.165) is 0 Å². The van der Waals surface area contributed by atoms with Gasteiger partial charge in [0.25, 0.3) is 0 Å². The van der Waals surface area contributed by atoms with Crippen LogP contribution in [0, 0.1) is 0 Å². The quantitative estimate of drug-likeness (QED) is 0.276. The van der Waals surface area contributed by atoms with Gasteiger partial charge in [0.2, 0.25) is 0 Å². The average molecular weight is 418 g/mol. The fourth-order valence-electron chi connectivity index (χ4n) is 1.65. The predicted octanol–water partition coefficient (Wildman–Crippen LogP) is 4.57. The van der Waals surface area contributed by atoms with Crippen molar-refractivity contribution in [2.75, 3.05) is 39.6 Å². The average Bonchev–Trinajstić information content (AvgIpc) is 2.58. The van der Waals surface area contributed by atoms with E-state index >= 15 is 0 Å². The molecular formula is C14H28O10P2. The van der Waals surface area contributed by atoms with Crippen LogP contribution in [0.25, 0.3) is 0 Å². The Kier molecular flexibility index (Phi) is 13.0. The van der Waals surface area contributed by atoms with Gasteiger partial charge in [-0.1, -0.05) is 0 Å². The number of ether oxygens (including phenoxy) is 2. The zero-order valence-electron chi connectivity index (χ0n) is 15.6. The Morgan fingerprint density at radius 2 is 0.885 bits per heavy atom. The molecule has 12 heteroatoms. The topological polar surface area (TPSA) is 124 Å². The third kappa shape index (κ3) is 8.75. The summed E-state index contributed by atoms with van der Waals surface area (Å²) in [5.74, 6) is 0. The maximum Gasteiger partial charge on any atom is 0.438 e. The third-order valence-corrected chi connectivity index (χ3v) is 6.18. The second-order valence-corrected chi connectivity index (χ2v) is 8.35. The van der Waals surface area contributed by atoms with Gasteiger partial charge in [0.05, 0.1) is 39.6 Å². The zero-order valence-corrected chi connectivity index (χ0v) is 17.4. The van der Waals surface area contributed by atoms with Crippen LogP contribution in [0.4, 0.5) is 9.59 Å². The van der Waals surface area contributed by atoms with E-state index in [4.69, 9.17) is 27.6 Å². The molecule has 0 saturated carbocycles. The Bertz CT molecular complexity index is 456. The Balaban J connectivity index is 4.20. The molecule has 0 aliphatic heterocycles. The van der Waals surface area contributed by atoms with Crippen molar-refractivity contribution in [2.45, 2.75) is 40.5 Å². The highest BCUT2D eigenvalue weighted by molar-refractivity contribution is 7.71. The largest absolute Gasteiger partial charge is 0.457 e. The lowest BCUT2D eigenvalue weighted by molar-refractivity contribution is 0.134. The third-order valence-electron chi connectivity index (χ3n) is 2.63. The van der Waals surface area contributed by atoms with Crippen LogP contribution >= 0.6 is 15.2 Å². The lowest BCUT2D eigenvalue weighted by atomic mass is 10.3. The molecular weight excluding hydrogens is 390 g/mol. The number of hydrogen-bond acceptors (Lipinski definition) is 10. The van der Waals surface area contributed by atoms with E-state index in [9.17, 15) is 18.7 Å². The van der Waals surface area contributed by atoms with Gasteiger partial charge in [-0.05, 0) is 40.5 Å². The highest BCUT2D eigenvalue weighted by Crippen LogP contribution is 2.50. The summed E-state index contributed by atoms with van der Waals surface area (Å²) in [5.41, 5.74) is -2.12. The molecule has 0 atom stereocenters. The van der Waals surface area contributed by atoms with Crippen molar-refractivity contribution < 1.29 is 46.3 Å². The smallest absolute Gasteiger partial charge is 0.438 e. The molecule has 0 aliphatic rings. The fraction of sp³-hybridized carbons (Fsp3) is 0.857. The first-order chi connectivity index (χ1) is 12.3. The zero-order chi connectivity index (χ0) is 20.1. The van der Waals surface area contributed by atoms with Crippen LogP contribution in [0.2, 0.25) is 0 Å². The lowest BCUT2D eigenvalue weighted by Crippen LogP contribution is -2.12. The normalized spacial score (nSPS) is 12.0. The summed E-state index contributed by atoms with van der Waals surface area (Å²) in [6.07, 6.45) is 0.648. The minimum atomic E-state index is -3.94. The lowest BCUT2D eigenvalue weighted by Gasteiger charge is -2.16. The Hall–Kier alpha value is -0.760. The number of hydrogen-bond donors (Lipinski definition) is 0. The second kappa shape index (κ2) is 13.4. The molecule has 154 valence electrons. The maximum atomic E-state index is 12.1. The first kappa shape index (κ1) is 25.2. The van der Waals surface area contributed by atoms with E-state index in [1.807, 2.05) is 0 Å². The number of unbranched alkanes of at least 4 members (excludes halogenated alkanes) is 1. The molecule has 0 aromatic rings. The van der Waals surface area contributed by atoms with Crippen molar-refractivity contribution in [1.82, 2.24) is 0 Å². The fourth-order valence-corrected chi connectivity index (χ4v) is 4.08. The molecule has 0 aromatic heterocycles. The van der Waals surface area contributed by atoms with E-state index in [2.05, 4.69) is 0 Å². The van der Waals surface area contributed by atoms with Gasteiger partial charge in [-0.15, -0.1) is 0 Å². The van der Waals surface area contributed by atoms with E-state index in [0.29, 0.717) is 12.8 Å². The summed E-state index contributed by atoms with van der Waals surface area (Å²) < 4.78 is 53.4. The maximum absolute atomic E-state index is 12.1. The van der Waals surface area contributed by atoms with E-state index in [1.54, 1.807) is 27.7 Å². The molecule has 0 saturated heterocycles. The minimum absolute atomic E-state index is 0.0437. The molecule has 0 aliphatic carbocycles. The summed E-state index contributed by atoms with van der Waals surface area (Å²) in [4.78, 5) is 23.5. The van der Waals surface area contributed by atoms with E-state index in [1.165, 1.54) is 0 Å². The van der Waals surface area contributed by atoms with Crippen molar-refractivity contribution in [2.24, 2.45) is 0 Å². The highest BCUT2D eigenvalue weighted by atomic mass is 31.2. The second-order valence-electron chi connectivity index (χ2n) is 4.60. The molecule has 0 unspecified atom stereocenters. The van der Waals surface area contributed by atoms with E-state index in [-0.39, 0.29) is 39.6 Å². The van der Waals surface area contributed by atoms with Gasteiger partial charge in [0.15, 0.2) is 0 Å². The van der Waals surface area contributed by atoms with Gasteiger partial charge in [-0.3, -0.25) is 0 Å². The van der Waals surface area contributed by atoms with Crippen LogP contribution < -0.4 is 0 Å². The van der Waals surface area contributed by atoms with Gasteiger partial charge in [0, 0.05) is 0 Å². The highest BCUT2D eigenvalue weighted by Gasteiger charge is 2.37. The van der Waals surface area contributed by atoms with Gasteiger partial charge in [0.1, 0.15) is 0 Å². The van der Waals surface area contributed by atoms with Crippen molar-refractivity contribution >= 4 is 26.6 Å². The molecule has 0 fully saturated rings. The first-order valence-electron chi connectivity index (χ1n) is 8.42. The Labute approximate surface area is 153 Å². The molecule has 10 nitrogen and oxygen atoms in total. The first-order valence-corrected chi connectivity index (χ1v) is 11.5. The van der Waals surface area contributed by atoms with Crippen molar-refractivity contribution in [3.63, 3.8) is 0 Å². The molecule has 0 bridgehead atoms. The van der Waals surface area contributed by atoms with Crippen LogP contribution in [0.1, 0.15) is 40.5 Å². The van der Waals surface area contributed by atoms with Crippen molar-refractivity contribution in [1.29, 1.82) is 0 Å². The van der Waals surface area contributed by atoms with Crippen LogP contribution in [0.5, 0.6) is 0 Å². The minimum Gasteiger partial charge on any atom is -0.457 e. The Morgan fingerprint density at radius 1 is 0.615 bits per heavy atom. The van der Waals surface area contributed by atoms with Crippen LogP contribution in [-0.2, 0) is 36.7 Å². The van der Waals surface area contributed by atoms with Gasteiger partial charge < -0.3 is 27.6 Å². The molecule has 0 aromatic carbocycles. The SMILES string of the molecule is CCOP(=O)(OCC)C(=O)OCCCCOC(=O)P(=O)(OCC)OCC. The molecule has 0 heterocycles. The summed E-state index contributed by atoms with van der Waals surface area (Å²) >= 11 is 0.